The molecular formula is C22H19F3N4O. The minimum Gasteiger partial charge on any atom is -0.307 e. The van der Waals surface area contributed by atoms with E-state index in [2.05, 4.69) is 10.4 Å². The van der Waals surface area contributed by atoms with Crippen molar-refractivity contribution in [2.75, 3.05) is 4.90 Å². The third-order valence-electron chi connectivity index (χ3n) is 5.82. The largest absolute Gasteiger partial charge is 0.416 e. The quantitative estimate of drug-likeness (QED) is 0.699. The number of carbonyl (C=O) groups is 1. The van der Waals surface area contributed by atoms with Crippen molar-refractivity contribution >= 4 is 11.6 Å². The number of fused-ring (bicyclic) bond motifs is 2. The van der Waals surface area contributed by atoms with Gasteiger partial charge in [-0.25, -0.2) is 0 Å². The molecule has 5 nitrogen and oxygen atoms in total. The smallest absolute Gasteiger partial charge is 0.307 e. The van der Waals surface area contributed by atoms with E-state index in [1.54, 1.807) is 48.0 Å². The Labute approximate surface area is 171 Å². The molecule has 2 aromatic carbocycles. The average Bonchev–Trinajstić information content (AvgIpc) is 3.40. The molecule has 30 heavy (non-hydrogen) atoms. The van der Waals surface area contributed by atoms with Gasteiger partial charge in [-0.1, -0.05) is 18.2 Å². The van der Waals surface area contributed by atoms with Crippen LogP contribution in [-0.4, -0.2) is 15.7 Å². The highest BCUT2D eigenvalue weighted by molar-refractivity contribution is 6.10. The van der Waals surface area contributed by atoms with E-state index in [0.717, 1.165) is 17.3 Å². The predicted octanol–water partition coefficient (Wildman–Crippen LogP) is 4.27. The summed E-state index contributed by atoms with van der Waals surface area (Å²) in [4.78, 5) is 14.4. The molecule has 0 bridgehead atoms. The molecule has 3 heterocycles. The van der Waals surface area contributed by atoms with Crippen molar-refractivity contribution in [3.05, 3.63) is 82.2 Å². The van der Waals surface area contributed by atoms with Crippen LogP contribution in [0, 0.1) is 0 Å². The van der Waals surface area contributed by atoms with Gasteiger partial charge in [-0.15, -0.1) is 0 Å². The van der Waals surface area contributed by atoms with Crippen LogP contribution >= 0.6 is 0 Å². The fourth-order valence-electron chi connectivity index (χ4n) is 4.17. The Balaban J connectivity index is 1.58. The Morgan fingerprint density at radius 1 is 1.13 bits per heavy atom. The molecule has 1 amide bonds. The van der Waals surface area contributed by atoms with Crippen molar-refractivity contribution in [1.29, 1.82) is 0 Å². The molecule has 2 aliphatic rings. The maximum atomic E-state index is 13.9. The first kappa shape index (κ1) is 18.9. The lowest BCUT2D eigenvalue weighted by molar-refractivity contribution is -0.138. The summed E-state index contributed by atoms with van der Waals surface area (Å²) in [5, 5.41) is 7.70. The van der Waals surface area contributed by atoms with Crippen LogP contribution in [0.5, 0.6) is 0 Å². The van der Waals surface area contributed by atoms with Crippen molar-refractivity contribution in [2.24, 2.45) is 0 Å². The van der Waals surface area contributed by atoms with Gasteiger partial charge in [0.15, 0.2) is 0 Å². The van der Waals surface area contributed by atoms with Gasteiger partial charge in [-0.2, -0.15) is 18.3 Å². The number of hydrogen-bond donors (Lipinski definition) is 1. The highest BCUT2D eigenvalue weighted by Crippen LogP contribution is 2.40. The van der Waals surface area contributed by atoms with E-state index in [0.29, 0.717) is 24.3 Å². The van der Waals surface area contributed by atoms with Gasteiger partial charge in [0.1, 0.15) is 0 Å². The molecule has 0 saturated heterocycles. The van der Waals surface area contributed by atoms with Gasteiger partial charge in [0.05, 0.1) is 23.8 Å². The Hall–Kier alpha value is -3.13. The third kappa shape index (κ3) is 2.99. The van der Waals surface area contributed by atoms with Gasteiger partial charge in [-0.05, 0) is 42.3 Å². The second-order valence-corrected chi connectivity index (χ2v) is 7.68. The number of para-hydroxylation sites is 1. The van der Waals surface area contributed by atoms with Gasteiger partial charge >= 0.3 is 6.18 Å². The summed E-state index contributed by atoms with van der Waals surface area (Å²) >= 11 is 0. The van der Waals surface area contributed by atoms with E-state index in [1.807, 2.05) is 6.20 Å². The van der Waals surface area contributed by atoms with E-state index in [-0.39, 0.29) is 17.7 Å². The van der Waals surface area contributed by atoms with Gasteiger partial charge in [0.25, 0.3) is 5.91 Å². The molecule has 1 N–H and O–H groups in total. The van der Waals surface area contributed by atoms with Crippen LogP contribution in [-0.2, 0) is 25.8 Å². The highest BCUT2D eigenvalue weighted by atomic mass is 19.4. The highest BCUT2D eigenvalue weighted by Gasteiger charge is 2.41. The Morgan fingerprint density at radius 3 is 2.60 bits per heavy atom. The van der Waals surface area contributed by atoms with E-state index < -0.39 is 23.7 Å². The van der Waals surface area contributed by atoms with E-state index in [9.17, 15) is 18.0 Å². The van der Waals surface area contributed by atoms with Crippen LogP contribution in [0.1, 0.15) is 51.3 Å². The molecule has 3 aromatic rings. The number of anilines is 1. The maximum absolute atomic E-state index is 13.9. The maximum Gasteiger partial charge on any atom is 0.416 e. The molecule has 0 radical (unpaired) electrons. The van der Waals surface area contributed by atoms with Crippen LogP contribution in [0.25, 0.3) is 0 Å². The standard InChI is InChI=1S/C22H19F3N4O/c1-13(29-11-15-9-26-10-20(15)27-29)14-7-17-18(19(8-14)22(23,24)25)12-28(21(17)30)16-5-3-2-4-6-16/h2-8,11,13,26H,9-10,12H2,1H3. The van der Waals surface area contributed by atoms with Gasteiger partial charge in [0.2, 0.25) is 0 Å². The second-order valence-electron chi connectivity index (χ2n) is 7.68. The van der Waals surface area contributed by atoms with E-state index in [1.165, 1.54) is 4.90 Å². The number of hydrogen-bond acceptors (Lipinski definition) is 3. The number of benzene rings is 2. The lowest BCUT2D eigenvalue weighted by atomic mass is 9.96. The molecule has 0 fully saturated rings. The molecule has 5 rings (SSSR count). The Kier molecular flexibility index (Phi) is 4.21. The summed E-state index contributed by atoms with van der Waals surface area (Å²) in [5.41, 5.74) is 2.33. The zero-order valence-corrected chi connectivity index (χ0v) is 16.2. The van der Waals surface area contributed by atoms with Crippen LogP contribution in [0.3, 0.4) is 0 Å². The summed E-state index contributed by atoms with van der Waals surface area (Å²) in [7, 11) is 0. The fraction of sp³-hybridized carbons (Fsp3) is 0.273. The number of nitrogens with one attached hydrogen (secondary N) is 1. The first-order chi connectivity index (χ1) is 14.3. The molecule has 1 atom stereocenters. The number of carbonyl (C=O) groups excluding carboxylic acids is 1. The fourth-order valence-corrected chi connectivity index (χ4v) is 4.17. The zero-order chi connectivity index (χ0) is 21.0. The summed E-state index contributed by atoms with van der Waals surface area (Å²) in [6.07, 6.45) is -2.69. The molecular weight excluding hydrogens is 393 g/mol. The molecule has 154 valence electrons. The van der Waals surface area contributed by atoms with Crippen molar-refractivity contribution in [3.63, 3.8) is 0 Å². The normalized spacial score (nSPS) is 16.7. The monoisotopic (exact) mass is 412 g/mol. The minimum atomic E-state index is -4.55. The van der Waals surface area contributed by atoms with Crippen LogP contribution in [0.4, 0.5) is 18.9 Å². The molecule has 0 saturated carbocycles. The number of aromatic nitrogens is 2. The Morgan fingerprint density at radius 2 is 1.90 bits per heavy atom. The summed E-state index contributed by atoms with van der Waals surface area (Å²) in [5.74, 6) is -0.414. The summed E-state index contributed by atoms with van der Waals surface area (Å²) < 4.78 is 43.4. The number of halogens is 3. The van der Waals surface area contributed by atoms with Gasteiger partial charge in [0, 0.05) is 36.1 Å². The minimum absolute atomic E-state index is 0.0273. The number of alkyl halides is 3. The summed E-state index contributed by atoms with van der Waals surface area (Å²) in [6, 6.07) is 11.1. The molecule has 1 unspecified atom stereocenters. The molecule has 0 spiro atoms. The first-order valence-corrected chi connectivity index (χ1v) is 9.71. The van der Waals surface area contributed by atoms with Crippen molar-refractivity contribution < 1.29 is 18.0 Å². The molecule has 0 aliphatic carbocycles. The molecule has 8 heteroatoms. The first-order valence-electron chi connectivity index (χ1n) is 9.71. The van der Waals surface area contributed by atoms with Gasteiger partial charge < -0.3 is 10.2 Å². The Bertz CT molecular complexity index is 1120. The van der Waals surface area contributed by atoms with Crippen molar-refractivity contribution in [3.8, 4) is 0 Å². The third-order valence-corrected chi connectivity index (χ3v) is 5.82. The molecule has 2 aliphatic heterocycles. The number of nitrogens with zero attached hydrogens (tertiary/aromatic N) is 3. The molecule has 1 aromatic heterocycles. The zero-order valence-electron chi connectivity index (χ0n) is 16.2. The SMILES string of the molecule is CC(c1cc2c(c(C(F)(F)F)c1)CN(c1ccccc1)C2=O)n1cc2c(n1)CNC2. The van der Waals surface area contributed by atoms with Crippen LogP contribution < -0.4 is 10.2 Å². The number of amides is 1. The topological polar surface area (TPSA) is 50.2 Å². The van der Waals surface area contributed by atoms with Crippen molar-refractivity contribution in [2.45, 2.75) is 38.8 Å². The van der Waals surface area contributed by atoms with Gasteiger partial charge in [-0.3, -0.25) is 9.48 Å². The number of rotatable bonds is 3. The average molecular weight is 412 g/mol. The lowest BCUT2D eigenvalue weighted by Gasteiger charge is -2.18. The predicted molar refractivity (Wildman–Crippen MR) is 105 cm³/mol. The van der Waals surface area contributed by atoms with Crippen LogP contribution in [0.15, 0.2) is 48.7 Å². The van der Waals surface area contributed by atoms with E-state index >= 15 is 0 Å². The lowest BCUT2D eigenvalue weighted by Crippen LogP contribution is -2.22. The van der Waals surface area contributed by atoms with Crippen molar-refractivity contribution in [1.82, 2.24) is 15.1 Å². The summed E-state index contributed by atoms with van der Waals surface area (Å²) in [6.45, 7) is 3.05. The van der Waals surface area contributed by atoms with Crippen LogP contribution in [0.2, 0.25) is 0 Å². The van der Waals surface area contributed by atoms with E-state index in [4.69, 9.17) is 0 Å². The second kappa shape index (κ2) is 6.70.